The molecular weight excluding hydrogens is 309 g/mol. The van der Waals surface area contributed by atoms with Crippen LogP contribution in [0.3, 0.4) is 0 Å². The first-order valence-electron chi connectivity index (χ1n) is 7.92. The molecule has 0 aliphatic heterocycles. The lowest BCUT2D eigenvalue weighted by molar-refractivity contribution is -0.130. The molecule has 0 N–H and O–H groups in total. The van der Waals surface area contributed by atoms with Gasteiger partial charge in [0.05, 0.1) is 19.6 Å². The molecule has 0 atom stereocenters. The quantitative estimate of drug-likeness (QED) is 0.741. The van der Waals surface area contributed by atoms with Crippen LogP contribution in [0.1, 0.15) is 18.9 Å². The van der Waals surface area contributed by atoms with Gasteiger partial charge in [-0.15, -0.1) is 0 Å². The van der Waals surface area contributed by atoms with E-state index in [2.05, 4.69) is 0 Å². The highest BCUT2D eigenvalue weighted by atomic mass is 19.1. The molecule has 5 heteroatoms. The highest BCUT2D eigenvalue weighted by Gasteiger charge is 2.09. The van der Waals surface area contributed by atoms with Crippen molar-refractivity contribution in [2.24, 2.45) is 0 Å². The van der Waals surface area contributed by atoms with E-state index in [4.69, 9.17) is 9.47 Å². The van der Waals surface area contributed by atoms with Crippen molar-refractivity contribution in [2.45, 2.75) is 19.9 Å². The summed E-state index contributed by atoms with van der Waals surface area (Å²) in [6.07, 6.45) is 0.269. The topological polar surface area (TPSA) is 38.8 Å². The van der Waals surface area contributed by atoms with Crippen LogP contribution in [0.2, 0.25) is 0 Å². The van der Waals surface area contributed by atoms with Crippen LogP contribution in [0.25, 0.3) is 0 Å². The van der Waals surface area contributed by atoms with Crippen molar-refractivity contribution in [2.75, 3.05) is 20.3 Å². The lowest BCUT2D eigenvalue weighted by Crippen LogP contribution is -2.27. The maximum Gasteiger partial charge on any atom is 0.226 e. The predicted octanol–water partition coefficient (Wildman–Crippen LogP) is 3.65. The van der Waals surface area contributed by atoms with E-state index >= 15 is 0 Å². The van der Waals surface area contributed by atoms with Crippen molar-refractivity contribution in [3.8, 4) is 11.5 Å². The number of carbonyl (C=O) groups is 1. The van der Waals surface area contributed by atoms with Gasteiger partial charge in [0.1, 0.15) is 17.3 Å². The Balaban J connectivity index is 1.76. The Morgan fingerprint density at radius 3 is 2.21 bits per heavy atom. The van der Waals surface area contributed by atoms with Crippen LogP contribution in [-0.2, 0) is 11.3 Å². The van der Waals surface area contributed by atoms with Crippen molar-refractivity contribution in [3.63, 3.8) is 0 Å². The van der Waals surface area contributed by atoms with Crippen LogP contribution in [0.4, 0.5) is 4.39 Å². The highest BCUT2D eigenvalue weighted by molar-refractivity contribution is 5.76. The average molecular weight is 331 g/mol. The van der Waals surface area contributed by atoms with E-state index in [1.807, 2.05) is 31.2 Å². The third kappa shape index (κ3) is 5.57. The summed E-state index contributed by atoms with van der Waals surface area (Å²) >= 11 is 0. The molecule has 0 spiro atoms. The van der Waals surface area contributed by atoms with Crippen molar-refractivity contribution in [3.05, 3.63) is 59.9 Å². The molecule has 2 aromatic carbocycles. The standard InChI is InChI=1S/C19H22FNO3/c1-3-23-17-8-4-15(5-9-17)14-21(2)19(22)12-13-24-18-10-6-16(20)7-11-18/h4-11H,3,12-14H2,1-2H3. The molecule has 2 aromatic rings. The Bertz CT molecular complexity index is 641. The molecular formula is C19H22FNO3. The number of nitrogens with zero attached hydrogens (tertiary/aromatic N) is 1. The molecule has 128 valence electrons. The molecule has 0 radical (unpaired) electrons. The minimum Gasteiger partial charge on any atom is -0.494 e. The summed E-state index contributed by atoms with van der Waals surface area (Å²) in [6, 6.07) is 13.4. The lowest BCUT2D eigenvalue weighted by Gasteiger charge is -2.17. The number of hydrogen-bond donors (Lipinski definition) is 0. The number of halogens is 1. The molecule has 2 rings (SSSR count). The zero-order valence-electron chi connectivity index (χ0n) is 14.0. The molecule has 0 saturated heterocycles. The summed E-state index contributed by atoms with van der Waals surface area (Å²) < 4.78 is 23.6. The Morgan fingerprint density at radius 1 is 1.00 bits per heavy atom. The van der Waals surface area contributed by atoms with Gasteiger partial charge >= 0.3 is 0 Å². The number of carbonyl (C=O) groups excluding carboxylic acids is 1. The van der Waals surface area contributed by atoms with Crippen LogP contribution in [0.15, 0.2) is 48.5 Å². The van der Waals surface area contributed by atoms with Gasteiger partial charge in [-0.1, -0.05) is 12.1 Å². The van der Waals surface area contributed by atoms with Gasteiger partial charge in [0.2, 0.25) is 5.91 Å². The molecule has 0 aliphatic carbocycles. The summed E-state index contributed by atoms with van der Waals surface area (Å²) in [5.41, 5.74) is 1.04. The fraction of sp³-hybridized carbons (Fsp3) is 0.316. The smallest absolute Gasteiger partial charge is 0.226 e. The molecule has 0 saturated carbocycles. The molecule has 1 amide bonds. The highest BCUT2D eigenvalue weighted by Crippen LogP contribution is 2.14. The number of ether oxygens (including phenoxy) is 2. The number of benzene rings is 2. The van der Waals surface area contributed by atoms with E-state index in [0.717, 1.165) is 11.3 Å². The monoisotopic (exact) mass is 331 g/mol. The van der Waals surface area contributed by atoms with E-state index in [1.54, 1.807) is 24.1 Å². The Labute approximate surface area is 141 Å². The Hall–Kier alpha value is -2.56. The second kappa shape index (κ2) is 8.91. The molecule has 4 nitrogen and oxygen atoms in total. The summed E-state index contributed by atoms with van der Waals surface area (Å²) in [7, 11) is 1.76. The predicted molar refractivity (Wildman–Crippen MR) is 90.6 cm³/mol. The van der Waals surface area contributed by atoms with E-state index < -0.39 is 0 Å². The minimum atomic E-state index is -0.312. The van der Waals surface area contributed by atoms with Gasteiger partial charge in [0, 0.05) is 13.6 Å². The maximum absolute atomic E-state index is 12.8. The van der Waals surface area contributed by atoms with Crippen molar-refractivity contribution in [1.82, 2.24) is 4.90 Å². The van der Waals surface area contributed by atoms with Gasteiger partial charge in [-0.3, -0.25) is 4.79 Å². The van der Waals surface area contributed by atoms with E-state index in [9.17, 15) is 9.18 Å². The third-order valence-corrected chi connectivity index (χ3v) is 3.48. The molecule has 0 heterocycles. The zero-order chi connectivity index (χ0) is 17.4. The molecule has 24 heavy (non-hydrogen) atoms. The van der Waals surface area contributed by atoms with Crippen LogP contribution in [0, 0.1) is 5.82 Å². The normalized spacial score (nSPS) is 10.3. The van der Waals surface area contributed by atoms with E-state index in [1.165, 1.54) is 12.1 Å². The molecule has 0 unspecified atom stereocenters. The van der Waals surface area contributed by atoms with Gasteiger partial charge in [-0.25, -0.2) is 4.39 Å². The molecule has 0 aliphatic rings. The first kappa shape index (κ1) is 17.8. The SMILES string of the molecule is CCOc1ccc(CN(C)C(=O)CCOc2ccc(F)cc2)cc1. The summed E-state index contributed by atoms with van der Waals surface area (Å²) in [5, 5.41) is 0. The summed E-state index contributed by atoms with van der Waals surface area (Å²) in [5.74, 6) is 1.06. The largest absolute Gasteiger partial charge is 0.494 e. The summed E-state index contributed by atoms with van der Waals surface area (Å²) in [6.45, 7) is 3.36. The second-order valence-electron chi connectivity index (χ2n) is 5.38. The second-order valence-corrected chi connectivity index (χ2v) is 5.38. The van der Waals surface area contributed by atoms with Crippen LogP contribution >= 0.6 is 0 Å². The zero-order valence-corrected chi connectivity index (χ0v) is 14.0. The van der Waals surface area contributed by atoms with Gasteiger partial charge < -0.3 is 14.4 Å². The van der Waals surface area contributed by atoms with Gasteiger partial charge in [-0.05, 0) is 48.9 Å². The van der Waals surface area contributed by atoms with Gasteiger partial charge in [0.15, 0.2) is 0 Å². The fourth-order valence-corrected chi connectivity index (χ4v) is 2.20. The number of hydrogen-bond acceptors (Lipinski definition) is 3. The maximum atomic E-state index is 12.8. The first-order chi connectivity index (χ1) is 11.6. The average Bonchev–Trinajstić information content (AvgIpc) is 2.58. The van der Waals surface area contributed by atoms with Crippen molar-refractivity contribution in [1.29, 1.82) is 0 Å². The van der Waals surface area contributed by atoms with Crippen molar-refractivity contribution >= 4 is 5.91 Å². The Morgan fingerprint density at radius 2 is 1.58 bits per heavy atom. The van der Waals surface area contributed by atoms with Crippen molar-refractivity contribution < 1.29 is 18.7 Å². The van der Waals surface area contributed by atoms with Crippen LogP contribution in [-0.4, -0.2) is 31.1 Å². The molecule has 0 bridgehead atoms. The van der Waals surface area contributed by atoms with Crippen LogP contribution in [0.5, 0.6) is 11.5 Å². The van der Waals surface area contributed by atoms with E-state index in [-0.39, 0.29) is 24.8 Å². The number of rotatable bonds is 8. The van der Waals surface area contributed by atoms with Gasteiger partial charge in [-0.2, -0.15) is 0 Å². The fourth-order valence-electron chi connectivity index (χ4n) is 2.20. The number of amides is 1. The van der Waals surface area contributed by atoms with Gasteiger partial charge in [0.25, 0.3) is 0 Å². The minimum absolute atomic E-state index is 0.00834. The van der Waals surface area contributed by atoms with E-state index in [0.29, 0.717) is 18.9 Å². The summed E-state index contributed by atoms with van der Waals surface area (Å²) in [4.78, 5) is 13.8. The molecule has 0 aromatic heterocycles. The third-order valence-electron chi connectivity index (χ3n) is 3.48. The Kier molecular flexibility index (Phi) is 6.61. The molecule has 0 fully saturated rings. The first-order valence-corrected chi connectivity index (χ1v) is 7.92. The lowest BCUT2D eigenvalue weighted by atomic mass is 10.2. The van der Waals surface area contributed by atoms with Crippen LogP contribution < -0.4 is 9.47 Å².